The molecule has 3 N–H and O–H groups in total. The molecular weight excluding hydrogens is 322 g/mol. The number of halogens is 1. The van der Waals surface area contributed by atoms with Gasteiger partial charge in [-0.15, -0.1) is 11.8 Å². The molecule has 1 saturated heterocycles. The Morgan fingerprint density at radius 3 is 2.89 bits per heavy atom. The molecule has 1 aliphatic heterocycles. The van der Waals surface area contributed by atoms with Crippen molar-refractivity contribution >= 4 is 33.7 Å². The van der Waals surface area contributed by atoms with Crippen LogP contribution in [0.25, 0.3) is 0 Å². The highest BCUT2D eigenvalue weighted by Gasteiger charge is 2.31. The number of nitrogens with one attached hydrogen (secondary N) is 1. The molecule has 0 bridgehead atoms. The van der Waals surface area contributed by atoms with E-state index in [-0.39, 0.29) is 11.1 Å². The van der Waals surface area contributed by atoms with Gasteiger partial charge in [-0.05, 0) is 33.6 Å². The Kier molecular flexibility index (Phi) is 4.04. The maximum atomic E-state index is 10.9. The number of hydrogen-bond donors (Lipinski definition) is 3. The van der Waals surface area contributed by atoms with Crippen LogP contribution in [0.4, 0.5) is 0 Å². The van der Waals surface area contributed by atoms with Gasteiger partial charge >= 0.3 is 5.97 Å². The first-order chi connectivity index (χ1) is 8.52. The lowest BCUT2D eigenvalue weighted by Gasteiger charge is -2.14. The van der Waals surface area contributed by atoms with E-state index < -0.39 is 12.0 Å². The topological polar surface area (TPSA) is 78.8 Å². The van der Waals surface area contributed by atoms with Gasteiger partial charge in [-0.25, -0.2) is 0 Å². The Labute approximate surface area is 117 Å². The smallest absolute Gasteiger partial charge is 0.321 e. The summed E-state index contributed by atoms with van der Waals surface area (Å²) in [6, 6.07) is 2.92. The Morgan fingerprint density at radius 1 is 1.61 bits per heavy atom. The van der Waals surface area contributed by atoms with Crippen molar-refractivity contribution < 1.29 is 19.7 Å². The zero-order valence-corrected chi connectivity index (χ0v) is 11.9. The molecule has 18 heavy (non-hydrogen) atoms. The normalized spacial score (nSPS) is 23.0. The molecule has 0 saturated carbocycles. The number of phenolic OH excluding ortho intramolecular Hbond substituents is 1. The number of rotatable bonds is 3. The minimum atomic E-state index is -0.852. The molecule has 0 spiro atoms. The van der Waals surface area contributed by atoms with Gasteiger partial charge in [-0.2, -0.15) is 0 Å². The molecule has 0 amide bonds. The van der Waals surface area contributed by atoms with Crippen LogP contribution in [0.2, 0.25) is 0 Å². The Bertz CT molecular complexity index is 482. The Hall–Kier alpha value is -0.920. The van der Waals surface area contributed by atoms with Crippen LogP contribution in [0.3, 0.4) is 0 Å². The van der Waals surface area contributed by atoms with Crippen LogP contribution in [0.5, 0.6) is 11.5 Å². The number of carboxylic acids is 1. The molecule has 2 unspecified atom stereocenters. The number of hydrogen-bond acceptors (Lipinski definition) is 5. The van der Waals surface area contributed by atoms with E-state index in [4.69, 9.17) is 9.84 Å². The standard InChI is InChI=1S/C11H12BrNO4S/c1-17-8-3-5(2-6(12)9(8)14)10-13-7(4-18-10)11(15)16/h2-3,7,10,13-14H,4H2,1H3,(H,15,16). The van der Waals surface area contributed by atoms with E-state index in [1.807, 2.05) is 0 Å². The number of aliphatic carboxylic acids is 1. The van der Waals surface area contributed by atoms with E-state index in [2.05, 4.69) is 21.2 Å². The number of thioether (sulfide) groups is 1. The largest absolute Gasteiger partial charge is 0.503 e. The first-order valence-corrected chi connectivity index (χ1v) is 7.04. The zero-order chi connectivity index (χ0) is 13.3. The summed E-state index contributed by atoms with van der Waals surface area (Å²) in [5, 5.41) is 21.5. The van der Waals surface area contributed by atoms with Gasteiger partial charge in [0, 0.05) is 5.75 Å². The minimum absolute atomic E-state index is 0.0408. The summed E-state index contributed by atoms with van der Waals surface area (Å²) in [5.74, 6) is 0.0651. The third-order valence-electron chi connectivity index (χ3n) is 2.65. The summed E-state index contributed by atoms with van der Waals surface area (Å²) in [4.78, 5) is 10.9. The van der Waals surface area contributed by atoms with Crippen LogP contribution in [-0.4, -0.2) is 35.1 Å². The Morgan fingerprint density at radius 2 is 2.33 bits per heavy atom. The molecule has 7 heteroatoms. The molecule has 1 aromatic rings. The molecule has 1 aromatic carbocycles. The van der Waals surface area contributed by atoms with Crippen LogP contribution in [0.1, 0.15) is 10.9 Å². The highest BCUT2D eigenvalue weighted by Crippen LogP contribution is 2.41. The van der Waals surface area contributed by atoms with Crippen LogP contribution in [-0.2, 0) is 4.79 Å². The number of aromatic hydroxyl groups is 1. The maximum Gasteiger partial charge on any atom is 0.321 e. The molecule has 5 nitrogen and oxygen atoms in total. The highest BCUT2D eigenvalue weighted by atomic mass is 79.9. The highest BCUT2D eigenvalue weighted by molar-refractivity contribution is 9.10. The molecular formula is C11H12BrNO4S. The average Bonchev–Trinajstić information content (AvgIpc) is 2.82. The van der Waals surface area contributed by atoms with Crippen LogP contribution in [0, 0.1) is 0 Å². The zero-order valence-electron chi connectivity index (χ0n) is 9.51. The summed E-state index contributed by atoms with van der Waals surface area (Å²) in [6.45, 7) is 0. The van der Waals surface area contributed by atoms with Gasteiger partial charge in [0.25, 0.3) is 0 Å². The summed E-state index contributed by atoms with van der Waals surface area (Å²) in [5.41, 5.74) is 0.866. The first kappa shape index (κ1) is 13.5. The second-order valence-corrected chi connectivity index (χ2v) is 5.82. The van der Waals surface area contributed by atoms with Crippen molar-refractivity contribution in [2.75, 3.05) is 12.9 Å². The molecule has 0 aliphatic carbocycles. The monoisotopic (exact) mass is 333 g/mol. The molecule has 0 radical (unpaired) electrons. The van der Waals surface area contributed by atoms with Gasteiger partial charge < -0.3 is 14.9 Å². The molecule has 2 atom stereocenters. The van der Waals surface area contributed by atoms with E-state index in [9.17, 15) is 9.90 Å². The van der Waals surface area contributed by atoms with E-state index in [1.54, 1.807) is 12.1 Å². The van der Waals surface area contributed by atoms with Crippen LogP contribution < -0.4 is 10.1 Å². The molecule has 98 valence electrons. The van der Waals surface area contributed by atoms with Crippen molar-refractivity contribution in [1.29, 1.82) is 0 Å². The first-order valence-electron chi connectivity index (χ1n) is 5.19. The predicted octanol–water partition coefficient (Wildman–Crippen LogP) is 1.95. The average molecular weight is 334 g/mol. The molecule has 0 aromatic heterocycles. The number of ether oxygens (including phenoxy) is 1. The quantitative estimate of drug-likeness (QED) is 0.784. The van der Waals surface area contributed by atoms with E-state index in [0.29, 0.717) is 16.0 Å². The van der Waals surface area contributed by atoms with Gasteiger partial charge in [0.1, 0.15) is 6.04 Å². The van der Waals surface area contributed by atoms with Crippen molar-refractivity contribution in [3.8, 4) is 11.5 Å². The second kappa shape index (κ2) is 5.38. The number of phenols is 1. The summed E-state index contributed by atoms with van der Waals surface area (Å²) < 4.78 is 5.59. The summed E-state index contributed by atoms with van der Waals surface area (Å²) in [6.07, 6.45) is 0. The molecule has 2 rings (SSSR count). The molecule has 1 fully saturated rings. The number of benzene rings is 1. The van der Waals surface area contributed by atoms with Gasteiger partial charge in [-0.1, -0.05) is 0 Å². The second-order valence-electron chi connectivity index (χ2n) is 3.82. The fourth-order valence-electron chi connectivity index (χ4n) is 1.71. The SMILES string of the molecule is COc1cc(C2NC(C(=O)O)CS2)cc(Br)c1O. The molecule has 1 aliphatic rings. The van der Waals surface area contributed by atoms with Crippen molar-refractivity contribution in [2.45, 2.75) is 11.4 Å². The maximum absolute atomic E-state index is 10.9. The van der Waals surface area contributed by atoms with Crippen molar-refractivity contribution in [3.05, 3.63) is 22.2 Å². The van der Waals surface area contributed by atoms with Crippen LogP contribution in [0.15, 0.2) is 16.6 Å². The third-order valence-corrected chi connectivity index (χ3v) is 4.53. The van der Waals surface area contributed by atoms with E-state index >= 15 is 0 Å². The van der Waals surface area contributed by atoms with Gasteiger partial charge in [-0.3, -0.25) is 10.1 Å². The van der Waals surface area contributed by atoms with E-state index in [1.165, 1.54) is 18.9 Å². The van der Waals surface area contributed by atoms with Crippen molar-refractivity contribution in [3.63, 3.8) is 0 Å². The predicted molar refractivity (Wildman–Crippen MR) is 72.1 cm³/mol. The lowest BCUT2D eigenvalue weighted by molar-refractivity contribution is -0.138. The number of carbonyl (C=O) groups is 1. The van der Waals surface area contributed by atoms with E-state index in [0.717, 1.165) is 5.56 Å². The van der Waals surface area contributed by atoms with Crippen LogP contribution >= 0.6 is 27.7 Å². The summed E-state index contributed by atoms with van der Waals surface area (Å²) in [7, 11) is 1.47. The van der Waals surface area contributed by atoms with Crippen molar-refractivity contribution in [1.82, 2.24) is 5.32 Å². The minimum Gasteiger partial charge on any atom is -0.503 e. The van der Waals surface area contributed by atoms with Gasteiger partial charge in [0.05, 0.1) is 17.0 Å². The number of carboxylic acid groups (broad SMARTS) is 1. The Balaban J connectivity index is 2.25. The lowest BCUT2D eigenvalue weighted by atomic mass is 10.2. The fraction of sp³-hybridized carbons (Fsp3) is 0.364. The van der Waals surface area contributed by atoms with Gasteiger partial charge in [0.2, 0.25) is 0 Å². The number of methoxy groups -OCH3 is 1. The van der Waals surface area contributed by atoms with Crippen molar-refractivity contribution in [2.24, 2.45) is 0 Å². The third kappa shape index (κ3) is 2.57. The molecule has 1 heterocycles. The fourth-order valence-corrected chi connectivity index (χ4v) is 3.38. The lowest BCUT2D eigenvalue weighted by Crippen LogP contribution is -2.33. The summed E-state index contributed by atoms with van der Waals surface area (Å²) >= 11 is 4.76. The van der Waals surface area contributed by atoms with Gasteiger partial charge in [0.15, 0.2) is 11.5 Å².